The lowest BCUT2D eigenvalue weighted by Crippen LogP contribution is -2.02. The predicted molar refractivity (Wildman–Crippen MR) is 171 cm³/mol. The normalized spacial score (nSPS) is 11.2. The average Bonchev–Trinajstić information content (AvgIpc) is 3.01. The van der Waals surface area contributed by atoms with E-state index in [1.165, 1.54) is 0 Å². The van der Waals surface area contributed by atoms with Gasteiger partial charge in [0, 0.05) is 12.8 Å². The first kappa shape index (κ1) is 28.5. The Labute approximate surface area is 255 Å². The van der Waals surface area contributed by atoms with E-state index >= 15 is 0 Å². The molecule has 0 bridgehead atoms. The molecule has 0 aliphatic carbocycles. The number of phenols is 6. The number of benzene rings is 6. The summed E-state index contributed by atoms with van der Waals surface area (Å²) in [4.78, 5) is 0. The van der Waals surface area contributed by atoms with Gasteiger partial charge in [0.15, 0.2) is 0 Å². The predicted octanol–water partition coefficient (Wildman–Crippen LogP) is 7.44. The lowest BCUT2D eigenvalue weighted by Gasteiger charge is -2.20. The van der Waals surface area contributed by atoms with Crippen molar-refractivity contribution in [2.45, 2.75) is 25.7 Å². The van der Waals surface area contributed by atoms with Crippen molar-refractivity contribution in [3.05, 3.63) is 154 Å². The van der Waals surface area contributed by atoms with Gasteiger partial charge in [-0.05, 0) is 111 Å². The first-order valence-electron chi connectivity index (χ1n) is 14.4. The SMILES string of the molecule is Oc1ccc(Cc2cc(Cc3ccc(O)cc3)c3c(Cc4ccc(O)cc4)cc(Cc4ccc(O)cc4)c(O)c3c2O)cc1. The van der Waals surface area contributed by atoms with Crippen molar-refractivity contribution in [1.82, 2.24) is 0 Å². The summed E-state index contributed by atoms with van der Waals surface area (Å²) < 4.78 is 0. The number of aromatic hydroxyl groups is 6. The third-order valence-corrected chi connectivity index (χ3v) is 7.99. The molecule has 6 heteroatoms. The highest BCUT2D eigenvalue weighted by atomic mass is 16.3. The smallest absolute Gasteiger partial charge is 0.130 e. The molecule has 6 aromatic rings. The highest BCUT2D eigenvalue weighted by Crippen LogP contribution is 2.44. The summed E-state index contributed by atoms with van der Waals surface area (Å²) in [5.41, 5.74) is 6.74. The fourth-order valence-corrected chi connectivity index (χ4v) is 5.78. The van der Waals surface area contributed by atoms with Crippen molar-refractivity contribution >= 4 is 10.8 Å². The molecule has 0 fully saturated rings. The zero-order valence-corrected chi connectivity index (χ0v) is 23.9. The minimum Gasteiger partial charge on any atom is -0.508 e. The number of phenolic OH excluding ortho intramolecular Hbond substituents is 6. The Balaban J connectivity index is 1.58. The molecule has 0 atom stereocenters. The third kappa shape index (κ3) is 6.10. The molecule has 6 N–H and O–H groups in total. The summed E-state index contributed by atoms with van der Waals surface area (Å²) in [6.45, 7) is 0. The van der Waals surface area contributed by atoms with Crippen LogP contribution in [0.1, 0.15) is 44.5 Å². The second kappa shape index (κ2) is 11.9. The first-order valence-corrected chi connectivity index (χ1v) is 14.4. The molecule has 6 nitrogen and oxygen atoms in total. The lowest BCUT2D eigenvalue weighted by atomic mass is 9.85. The van der Waals surface area contributed by atoms with Crippen LogP contribution in [-0.2, 0) is 25.7 Å². The largest absolute Gasteiger partial charge is 0.508 e. The van der Waals surface area contributed by atoms with Gasteiger partial charge in [-0.25, -0.2) is 0 Å². The molecule has 6 aromatic carbocycles. The van der Waals surface area contributed by atoms with E-state index in [4.69, 9.17) is 0 Å². The number of fused-ring (bicyclic) bond motifs is 1. The van der Waals surface area contributed by atoms with Crippen molar-refractivity contribution < 1.29 is 30.6 Å². The quantitative estimate of drug-likeness (QED) is 0.111. The van der Waals surface area contributed by atoms with Crippen LogP contribution in [0.15, 0.2) is 109 Å². The van der Waals surface area contributed by atoms with Gasteiger partial charge in [0.2, 0.25) is 0 Å². The molecular formula is C38H32O6. The van der Waals surface area contributed by atoms with Gasteiger partial charge in [-0.2, -0.15) is 0 Å². The Morgan fingerprint density at radius 2 is 0.545 bits per heavy atom. The topological polar surface area (TPSA) is 121 Å². The lowest BCUT2D eigenvalue weighted by molar-refractivity contribution is 0.457. The maximum Gasteiger partial charge on any atom is 0.130 e. The van der Waals surface area contributed by atoms with E-state index in [2.05, 4.69) is 0 Å². The zero-order valence-electron chi connectivity index (χ0n) is 23.9. The van der Waals surface area contributed by atoms with Crippen molar-refractivity contribution in [3.63, 3.8) is 0 Å². The van der Waals surface area contributed by atoms with Crippen LogP contribution in [0.3, 0.4) is 0 Å². The Hall–Kier alpha value is -5.62. The van der Waals surface area contributed by atoms with Crippen molar-refractivity contribution in [3.8, 4) is 34.5 Å². The summed E-state index contributed by atoms with van der Waals surface area (Å²) in [7, 11) is 0. The van der Waals surface area contributed by atoms with Gasteiger partial charge < -0.3 is 30.6 Å². The molecule has 0 spiro atoms. The second-order valence-electron chi connectivity index (χ2n) is 11.2. The molecule has 0 saturated carbocycles. The second-order valence-corrected chi connectivity index (χ2v) is 11.2. The first-order chi connectivity index (χ1) is 21.2. The van der Waals surface area contributed by atoms with E-state index < -0.39 is 0 Å². The maximum absolute atomic E-state index is 11.8. The van der Waals surface area contributed by atoms with Crippen LogP contribution in [0.4, 0.5) is 0 Å². The molecule has 44 heavy (non-hydrogen) atoms. The van der Waals surface area contributed by atoms with E-state index in [0.717, 1.165) is 38.8 Å². The van der Waals surface area contributed by atoms with E-state index in [-0.39, 0.29) is 34.5 Å². The van der Waals surface area contributed by atoms with Gasteiger partial charge in [0.1, 0.15) is 34.5 Å². The van der Waals surface area contributed by atoms with Crippen LogP contribution in [0, 0.1) is 0 Å². The van der Waals surface area contributed by atoms with Crippen LogP contribution in [0.2, 0.25) is 0 Å². The van der Waals surface area contributed by atoms with Crippen LogP contribution in [-0.4, -0.2) is 30.6 Å². The van der Waals surface area contributed by atoms with Crippen molar-refractivity contribution in [2.24, 2.45) is 0 Å². The Morgan fingerprint density at radius 3 is 0.818 bits per heavy atom. The summed E-state index contributed by atoms with van der Waals surface area (Å²) in [6.07, 6.45) is 1.72. The molecule has 220 valence electrons. The number of hydrogen-bond acceptors (Lipinski definition) is 6. The van der Waals surface area contributed by atoms with Gasteiger partial charge in [-0.1, -0.05) is 60.7 Å². The van der Waals surface area contributed by atoms with Gasteiger partial charge in [0.25, 0.3) is 0 Å². The van der Waals surface area contributed by atoms with Gasteiger partial charge in [0.05, 0.1) is 5.39 Å². The van der Waals surface area contributed by atoms with Crippen LogP contribution < -0.4 is 0 Å². The Morgan fingerprint density at radius 1 is 0.295 bits per heavy atom. The number of rotatable bonds is 8. The third-order valence-electron chi connectivity index (χ3n) is 7.99. The van der Waals surface area contributed by atoms with Gasteiger partial charge >= 0.3 is 0 Å². The molecule has 0 aliphatic heterocycles. The monoisotopic (exact) mass is 584 g/mol. The van der Waals surface area contributed by atoms with Gasteiger partial charge in [-0.3, -0.25) is 0 Å². The van der Waals surface area contributed by atoms with E-state index in [9.17, 15) is 30.6 Å². The minimum absolute atomic E-state index is 0.0143. The molecule has 0 heterocycles. The van der Waals surface area contributed by atoms with Crippen LogP contribution in [0.5, 0.6) is 34.5 Å². The minimum atomic E-state index is -0.0143. The molecule has 0 aromatic heterocycles. The van der Waals surface area contributed by atoms with Crippen molar-refractivity contribution in [2.75, 3.05) is 0 Å². The number of hydrogen-bond donors (Lipinski definition) is 6. The molecule has 0 saturated heterocycles. The van der Waals surface area contributed by atoms with Crippen LogP contribution >= 0.6 is 0 Å². The summed E-state index contributed by atoms with van der Waals surface area (Å²) >= 11 is 0. The van der Waals surface area contributed by atoms with Crippen LogP contribution in [0.25, 0.3) is 10.8 Å². The zero-order chi connectivity index (χ0) is 30.8. The molecule has 6 rings (SSSR count). The Kier molecular flexibility index (Phi) is 7.73. The maximum atomic E-state index is 11.8. The standard InChI is InChI=1S/C38H32O6/c39-31-9-1-23(2-10-31)17-27-21-29(19-25-5-13-33(41)14-6-25)37(43)36-35(27)28(18-24-3-11-32(40)12-4-24)22-30(38(36)44)20-26-7-15-34(42)16-8-26/h1-16,21-22,39-44H,17-20H2. The fourth-order valence-electron chi connectivity index (χ4n) is 5.78. The summed E-state index contributed by atoms with van der Waals surface area (Å²) in [5.74, 6) is 0.614. The molecule has 0 radical (unpaired) electrons. The summed E-state index contributed by atoms with van der Waals surface area (Å²) in [5, 5.41) is 64.1. The van der Waals surface area contributed by atoms with Gasteiger partial charge in [-0.15, -0.1) is 0 Å². The highest BCUT2D eigenvalue weighted by molar-refractivity contribution is 6.00. The highest BCUT2D eigenvalue weighted by Gasteiger charge is 2.22. The molecular weight excluding hydrogens is 552 g/mol. The molecule has 0 aliphatic rings. The molecule has 0 amide bonds. The van der Waals surface area contributed by atoms with E-state index in [1.807, 2.05) is 36.4 Å². The fraction of sp³-hybridized carbons (Fsp3) is 0.105. The van der Waals surface area contributed by atoms with Crippen molar-refractivity contribution in [1.29, 1.82) is 0 Å². The van der Waals surface area contributed by atoms with E-state index in [0.29, 0.717) is 42.2 Å². The molecule has 0 unspecified atom stereocenters. The average molecular weight is 585 g/mol. The van der Waals surface area contributed by atoms with E-state index in [1.54, 1.807) is 72.8 Å². The Bertz CT molecular complexity index is 1790. The summed E-state index contributed by atoms with van der Waals surface area (Å²) in [6, 6.07) is 31.5.